The van der Waals surface area contributed by atoms with Gasteiger partial charge in [0.2, 0.25) is 0 Å². The average molecular weight is 419 g/mol. The summed E-state index contributed by atoms with van der Waals surface area (Å²) in [6, 6.07) is 8.99. The predicted octanol–water partition coefficient (Wildman–Crippen LogP) is 5.09. The van der Waals surface area contributed by atoms with Crippen molar-refractivity contribution in [2.24, 2.45) is 0 Å². The van der Waals surface area contributed by atoms with E-state index in [9.17, 15) is 5.11 Å². The minimum absolute atomic E-state index is 0.0399. The van der Waals surface area contributed by atoms with E-state index in [2.05, 4.69) is 5.32 Å². The van der Waals surface area contributed by atoms with E-state index < -0.39 is 0 Å². The third-order valence-corrected chi connectivity index (χ3v) is 5.01. The highest BCUT2D eigenvalue weighted by Gasteiger charge is 2.15. The third kappa shape index (κ3) is 5.41. The summed E-state index contributed by atoms with van der Waals surface area (Å²) in [7, 11) is 1.56. The quantitative estimate of drug-likeness (QED) is 0.595. The second kappa shape index (κ2) is 10.2. The van der Waals surface area contributed by atoms with Crippen LogP contribution in [0.3, 0.4) is 0 Å². The molecule has 0 bridgehead atoms. The van der Waals surface area contributed by atoms with Crippen LogP contribution in [0.5, 0.6) is 11.5 Å². The summed E-state index contributed by atoms with van der Waals surface area (Å²) < 4.78 is 11.3. The number of halogens is 3. The number of hydrogen-bond acceptors (Lipinski definition) is 4. The largest absolute Gasteiger partial charge is 0.493 e. The number of methoxy groups -OCH3 is 1. The fraction of sp³-hybridized carbons (Fsp3) is 0.368. The van der Waals surface area contributed by atoms with Gasteiger partial charge < -0.3 is 19.9 Å². The van der Waals surface area contributed by atoms with Gasteiger partial charge in [0, 0.05) is 28.2 Å². The molecule has 0 heterocycles. The third-order valence-electron chi connectivity index (χ3n) is 4.02. The van der Waals surface area contributed by atoms with E-state index in [1.165, 1.54) is 0 Å². The van der Waals surface area contributed by atoms with Crippen LogP contribution in [0, 0.1) is 0 Å². The van der Waals surface area contributed by atoms with Crippen LogP contribution < -0.4 is 14.8 Å². The van der Waals surface area contributed by atoms with Crippen LogP contribution >= 0.6 is 34.8 Å². The van der Waals surface area contributed by atoms with Crippen LogP contribution in [0.15, 0.2) is 30.3 Å². The first-order valence-electron chi connectivity index (χ1n) is 8.26. The summed E-state index contributed by atoms with van der Waals surface area (Å²) in [6.45, 7) is 2.83. The second-order valence-electron chi connectivity index (χ2n) is 5.77. The minimum atomic E-state index is 0.0399. The Labute approximate surface area is 169 Å². The maximum Gasteiger partial charge on any atom is 0.180 e. The van der Waals surface area contributed by atoms with Crippen LogP contribution in [0.1, 0.15) is 24.5 Å². The van der Waals surface area contributed by atoms with E-state index in [0.29, 0.717) is 38.7 Å². The summed E-state index contributed by atoms with van der Waals surface area (Å²) in [5.74, 6) is 0.956. The monoisotopic (exact) mass is 417 g/mol. The van der Waals surface area contributed by atoms with Crippen molar-refractivity contribution in [2.75, 3.05) is 13.7 Å². The van der Waals surface area contributed by atoms with Gasteiger partial charge in [0.05, 0.1) is 18.7 Å². The van der Waals surface area contributed by atoms with Gasteiger partial charge in [0.1, 0.15) is 6.61 Å². The Morgan fingerprint density at radius 3 is 2.38 bits per heavy atom. The van der Waals surface area contributed by atoms with E-state index in [1.807, 2.05) is 19.1 Å². The van der Waals surface area contributed by atoms with Crippen molar-refractivity contribution in [1.29, 1.82) is 0 Å². The number of rotatable bonds is 9. The van der Waals surface area contributed by atoms with Gasteiger partial charge in [-0.25, -0.2) is 0 Å². The lowest BCUT2D eigenvalue weighted by Crippen LogP contribution is -2.31. The molecule has 0 aliphatic rings. The van der Waals surface area contributed by atoms with Gasteiger partial charge in [-0.2, -0.15) is 0 Å². The van der Waals surface area contributed by atoms with Gasteiger partial charge in [-0.05, 0) is 36.2 Å². The molecular weight excluding hydrogens is 397 g/mol. The highest BCUT2D eigenvalue weighted by atomic mass is 35.5. The zero-order valence-electron chi connectivity index (χ0n) is 14.7. The molecule has 0 aliphatic carbocycles. The first kappa shape index (κ1) is 21.1. The average Bonchev–Trinajstić information content (AvgIpc) is 2.63. The Hall–Kier alpha value is -1.17. The van der Waals surface area contributed by atoms with Crippen LogP contribution in [-0.2, 0) is 13.2 Å². The molecule has 0 aromatic heterocycles. The lowest BCUT2D eigenvalue weighted by Gasteiger charge is -2.17. The Bertz CT molecular complexity index is 716. The van der Waals surface area contributed by atoms with Crippen molar-refractivity contribution < 1.29 is 14.6 Å². The van der Waals surface area contributed by atoms with Gasteiger partial charge in [-0.15, -0.1) is 0 Å². The molecule has 142 valence electrons. The van der Waals surface area contributed by atoms with Gasteiger partial charge in [0.25, 0.3) is 0 Å². The maximum atomic E-state index is 9.27. The predicted molar refractivity (Wildman–Crippen MR) is 107 cm³/mol. The molecule has 2 aromatic rings. The van der Waals surface area contributed by atoms with Crippen LogP contribution in [0.25, 0.3) is 0 Å². The smallest absolute Gasteiger partial charge is 0.180 e. The molecule has 0 saturated heterocycles. The standard InChI is InChI=1S/C19H22Cl3NO3/c1-3-13(10-24)23-9-12-7-17(22)19(18(8-12)25-2)26-11-14-15(20)5-4-6-16(14)21/h4-8,13,23-24H,3,9-11H2,1-2H3. The van der Waals surface area contributed by atoms with E-state index >= 15 is 0 Å². The highest BCUT2D eigenvalue weighted by Crippen LogP contribution is 2.38. The summed E-state index contributed by atoms with van der Waals surface area (Å²) in [5, 5.41) is 14.0. The molecule has 2 aromatic carbocycles. The number of aliphatic hydroxyl groups is 1. The normalized spacial score (nSPS) is 12.1. The molecule has 0 radical (unpaired) electrons. The van der Waals surface area contributed by atoms with Crippen LogP contribution in [0.2, 0.25) is 15.1 Å². The van der Waals surface area contributed by atoms with Gasteiger partial charge in [0.15, 0.2) is 11.5 Å². The first-order valence-corrected chi connectivity index (χ1v) is 9.39. The molecule has 2 rings (SSSR count). The molecule has 0 amide bonds. The summed E-state index contributed by atoms with van der Waals surface area (Å²) in [6.07, 6.45) is 0.834. The minimum Gasteiger partial charge on any atom is -0.493 e. The summed E-state index contributed by atoms with van der Waals surface area (Å²) >= 11 is 18.7. The van der Waals surface area contributed by atoms with Gasteiger partial charge >= 0.3 is 0 Å². The Morgan fingerprint density at radius 1 is 1.12 bits per heavy atom. The van der Waals surface area contributed by atoms with Crippen molar-refractivity contribution in [3.8, 4) is 11.5 Å². The summed E-state index contributed by atoms with van der Waals surface area (Å²) in [4.78, 5) is 0. The molecule has 2 N–H and O–H groups in total. The molecule has 0 aliphatic heterocycles. The van der Waals surface area contributed by atoms with Crippen molar-refractivity contribution in [3.63, 3.8) is 0 Å². The van der Waals surface area contributed by atoms with E-state index in [0.717, 1.165) is 12.0 Å². The molecule has 0 spiro atoms. The molecule has 7 heteroatoms. The van der Waals surface area contributed by atoms with E-state index in [1.54, 1.807) is 25.3 Å². The Balaban J connectivity index is 2.16. The molecule has 4 nitrogen and oxygen atoms in total. The maximum absolute atomic E-state index is 9.27. The molecular formula is C19H22Cl3NO3. The zero-order chi connectivity index (χ0) is 19.1. The molecule has 1 atom stereocenters. The summed E-state index contributed by atoms with van der Waals surface area (Å²) in [5.41, 5.74) is 1.62. The lowest BCUT2D eigenvalue weighted by atomic mass is 10.1. The number of nitrogens with one attached hydrogen (secondary N) is 1. The lowest BCUT2D eigenvalue weighted by molar-refractivity contribution is 0.238. The fourth-order valence-electron chi connectivity index (χ4n) is 2.43. The molecule has 1 unspecified atom stereocenters. The van der Waals surface area contributed by atoms with Crippen LogP contribution in [-0.4, -0.2) is 24.9 Å². The van der Waals surface area contributed by atoms with Crippen LogP contribution in [0.4, 0.5) is 0 Å². The second-order valence-corrected chi connectivity index (χ2v) is 6.99. The van der Waals surface area contributed by atoms with E-state index in [-0.39, 0.29) is 19.3 Å². The van der Waals surface area contributed by atoms with Crippen molar-refractivity contribution in [2.45, 2.75) is 32.5 Å². The number of benzene rings is 2. The van der Waals surface area contributed by atoms with Gasteiger partial charge in [-0.1, -0.05) is 47.8 Å². The zero-order valence-corrected chi connectivity index (χ0v) is 17.0. The molecule has 0 fully saturated rings. The fourth-order valence-corrected chi connectivity index (χ4v) is 3.22. The Morgan fingerprint density at radius 2 is 1.81 bits per heavy atom. The van der Waals surface area contributed by atoms with Crippen molar-refractivity contribution in [3.05, 3.63) is 56.5 Å². The molecule has 0 saturated carbocycles. The van der Waals surface area contributed by atoms with Crippen molar-refractivity contribution >= 4 is 34.8 Å². The first-order chi connectivity index (χ1) is 12.5. The highest BCUT2D eigenvalue weighted by molar-refractivity contribution is 6.36. The topological polar surface area (TPSA) is 50.7 Å². The Kier molecular flexibility index (Phi) is 8.32. The number of hydrogen-bond donors (Lipinski definition) is 2. The van der Waals surface area contributed by atoms with Gasteiger partial charge in [-0.3, -0.25) is 0 Å². The number of aliphatic hydroxyl groups excluding tert-OH is 1. The molecule has 26 heavy (non-hydrogen) atoms. The number of ether oxygens (including phenoxy) is 2. The van der Waals surface area contributed by atoms with E-state index in [4.69, 9.17) is 44.3 Å². The SMILES string of the molecule is CCC(CO)NCc1cc(Cl)c(OCc2c(Cl)cccc2Cl)c(OC)c1. The van der Waals surface area contributed by atoms with Crippen molar-refractivity contribution in [1.82, 2.24) is 5.32 Å².